The summed E-state index contributed by atoms with van der Waals surface area (Å²) in [6, 6.07) is 12.8. The molecule has 0 aliphatic carbocycles. The molecule has 5 rings (SSSR count). The summed E-state index contributed by atoms with van der Waals surface area (Å²) >= 11 is 1.57. The number of nitrogens with one attached hydrogen (secondary N) is 3. The van der Waals surface area contributed by atoms with E-state index in [2.05, 4.69) is 16.0 Å². The van der Waals surface area contributed by atoms with Crippen molar-refractivity contribution >= 4 is 51.8 Å². The van der Waals surface area contributed by atoms with Gasteiger partial charge in [0.2, 0.25) is 5.91 Å². The summed E-state index contributed by atoms with van der Waals surface area (Å²) < 4.78 is 5.57. The van der Waals surface area contributed by atoms with Crippen molar-refractivity contribution in [2.24, 2.45) is 0 Å². The minimum atomic E-state index is -0.642. The van der Waals surface area contributed by atoms with E-state index in [-0.39, 0.29) is 17.7 Å². The van der Waals surface area contributed by atoms with Crippen molar-refractivity contribution in [3.63, 3.8) is 0 Å². The number of pyridine rings is 1. The fourth-order valence-corrected chi connectivity index (χ4v) is 5.40. The lowest BCUT2D eigenvalue weighted by Gasteiger charge is -2.45. The minimum Gasteiger partial charge on any atom is -0.496 e. The zero-order chi connectivity index (χ0) is 25.4. The SMILES string of the molecule is COc1cc(C(=O)N2CCC3(CC2)NC(=O)c2cc(NC(C)=O)ccc2N3)nc2c(SC)cccc12. The van der Waals surface area contributed by atoms with Crippen molar-refractivity contribution in [1.29, 1.82) is 0 Å². The largest absolute Gasteiger partial charge is 0.496 e. The minimum absolute atomic E-state index is 0.163. The molecule has 3 aromatic rings. The van der Waals surface area contributed by atoms with Crippen molar-refractivity contribution in [3.05, 3.63) is 53.7 Å². The Labute approximate surface area is 213 Å². The van der Waals surface area contributed by atoms with Crippen LogP contribution in [0.15, 0.2) is 47.4 Å². The van der Waals surface area contributed by atoms with E-state index in [4.69, 9.17) is 9.72 Å². The van der Waals surface area contributed by atoms with E-state index in [9.17, 15) is 14.4 Å². The zero-order valence-corrected chi connectivity index (χ0v) is 21.1. The highest BCUT2D eigenvalue weighted by Crippen LogP contribution is 2.35. The lowest BCUT2D eigenvalue weighted by Crippen LogP contribution is -2.62. The molecule has 3 heterocycles. The van der Waals surface area contributed by atoms with Crippen molar-refractivity contribution in [3.8, 4) is 5.75 Å². The standard InChI is InChI=1S/C26H27N5O4S/c1-15(32)27-16-7-8-19-18(13-16)24(33)30-26(29-19)9-11-31(12-10-26)25(34)20-14-21(35-2)17-5-4-6-22(36-3)23(17)28-20/h4-8,13-14,29H,9-12H2,1-3H3,(H,27,32)(H,30,33). The maximum absolute atomic E-state index is 13.4. The summed E-state index contributed by atoms with van der Waals surface area (Å²) in [6.07, 6.45) is 3.06. The van der Waals surface area contributed by atoms with E-state index >= 15 is 0 Å². The van der Waals surface area contributed by atoms with Crippen LogP contribution in [0.25, 0.3) is 10.9 Å². The first-order chi connectivity index (χ1) is 17.3. The summed E-state index contributed by atoms with van der Waals surface area (Å²) in [5.74, 6) is 0.0460. The van der Waals surface area contributed by atoms with Gasteiger partial charge < -0.3 is 25.6 Å². The number of benzene rings is 2. The Morgan fingerprint density at radius 3 is 2.61 bits per heavy atom. The Bertz CT molecular complexity index is 1380. The highest BCUT2D eigenvalue weighted by Gasteiger charge is 2.41. The van der Waals surface area contributed by atoms with E-state index in [1.165, 1.54) is 6.92 Å². The van der Waals surface area contributed by atoms with Gasteiger partial charge in [0, 0.05) is 60.6 Å². The predicted octanol–water partition coefficient (Wildman–Crippen LogP) is 3.71. The van der Waals surface area contributed by atoms with Gasteiger partial charge in [0.15, 0.2) is 0 Å². The quantitative estimate of drug-likeness (QED) is 0.464. The van der Waals surface area contributed by atoms with Crippen LogP contribution in [-0.2, 0) is 4.79 Å². The molecule has 3 N–H and O–H groups in total. The fourth-order valence-electron chi connectivity index (χ4n) is 4.83. The molecule has 1 aromatic heterocycles. The van der Waals surface area contributed by atoms with Crippen molar-refractivity contribution in [1.82, 2.24) is 15.2 Å². The zero-order valence-electron chi connectivity index (χ0n) is 20.3. The Morgan fingerprint density at radius 1 is 1.14 bits per heavy atom. The fraction of sp³-hybridized carbons (Fsp3) is 0.308. The van der Waals surface area contributed by atoms with Gasteiger partial charge in [-0.1, -0.05) is 6.07 Å². The molecule has 36 heavy (non-hydrogen) atoms. The van der Waals surface area contributed by atoms with E-state index in [0.717, 1.165) is 15.8 Å². The van der Waals surface area contributed by atoms with E-state index in [0.29, 0.717) is 54.3 Å². The molecule has 0 unspecified atom stereocenters. The van der Waals surface area contributed by atoms with Crippen molar-refractivity contribution in [2.45, 2.75) is 30.3 Å². The Balaban J connectivity index is 1.34. The van der Waals surface area contributed by atoms with Gasteiger partial charge in [-0.15, -0.1) is 11.8 Å². The summed E-state index contributed by atoms with van der Waals surface area (Å²) in [5, 5.41) is 10.1. The number of nitrogens with zero attached hydrogens (tertiary/aromatic N) is 2. The predicted molar refractivity (Wildman–Crippen MR) is 140 cm³/mol. The Morgan fingerprint density at radius 2 is 1.92 bits per heavy atom. The smallest absolute Gasteiger partial charge is 0.272 e. The van der Waals surface area contributed by atoms with E-state index in [1.807, 2.05) is 24.5 Å². The van der Waals surface area contributed by atoms with Gasteiger partial charge in [-0.25, -0.2) is 4.98 Å². The second kappa shape index (κ2) is 9.34. The van der Waals surface area contributed by atoms with Crippen LogP contribution in [0, 0.1) is 0 Å². The summed E-state index contributed by atoms with van der Waals surface area (Å²) in [5.41, 5.74) is 2.20. The Kier molecular flexibility index (Phi) is 6.21. The lowest BCUT2D eigenvalue weighted by molar-refractivity contribution is -0.114. The number of aromatic nitrogens is 1. The third-order valence-electron chi connectivity index (χ3n) is 6.64. The number of hydrogen-bond donors (Lipinski definition) is 3. The van der Waals surface area contributed by atoms with Gasteiger partial charge in [0.1, 0.15) is 17.1 Å². The molecule has 0 bridgehead atoms. The second-order valence-electron chi connectivity index (χ2n) is 8.96. The second-order valence-corrected chi connectivity index (χ2v) is 9.81. The summed E-state index contributed by atoms with van der Waals surface area (Å²) in [4.78, 5) is 45.1. The van der Waals surface area contributed by atoms with Crippen LogP contribution in [0.2, 0.25) is 0 Å². The van der Waals surface area contributed by atoms with Crippen LogP contribution < -0.4 is 20.7 Å². The number of piperidine rings is 1. The van der Waals surface area contributed by atoms with Crippen molar-refractivity contribution in [2.75, 3.05) is 37.1 Å². The summed E-state index contributed by atoms with van der Waals surface area (Å²) in [6.45, 7) is 2.34. The molecule has 186 valence electrons. The lowest BCUT2D eigenvalue weighted by atomic mass is 9.92. The van der Waals surface area contributed by atoms with Crippen LogP contribution in [0.4, 0.5) is 11.4 Å². The normalized spacial score (nSPS) is 16.2. The number of carbonyl (C=O) groups excluding carboxylic acids is 3. The van der Waals surface area contributed by atoms with Gasteiger partial charge in [0.25, 0.3) is 11.8 Å². The van der Waals surface area contributed by atoms with Crippen LogP contribution in [-0.4, -0.2) is 59.7 Å². The van der Waals surface area contributed by atoms with Gasteiger partial charge in [-0.05, 0) is 36.6 Å². The molecule has 9 nitrogen and oxygen atoms in total. The third kappa shape index (κ3) is 4.32. The summed E-state index contributed by atoms with van der Waals surface area (Å²) in [7, 11) is 1.59. The molecule has 2 aliphatic rings. The molecule has 1 spiro atoms. The number of anilines is 2. The van der Waals surface area contributed by atoms with Gasteiger partial charge >= 0.3 is 0 Å². The number of methoxy groups -OCH3 is 1. The monoisotopic (exact) mass is 505 g/mol. The van der Waals surface area contributed by atoms with Crippen molar-refractivity contribution < 1.29 is 19.1 Å². The first-order valence-corrected chi connectivity index (χ1v) is 12.9. The molecule has 10 heteroatoms. The number of rotatable bonds is 4. The number of fused-ring (bicyclic) bond motifs is 2. The first-order valence-electron chi connectivity index (χ1n) is 11.7. The molecule has 0 atom stereocenters. The first kappa shape index (κ1) is 23.9. The average molecular weight is 506 g/mol. The van der Waals surface area contributed by atoms with E-state index < -0.39 is 5.66 Å². The molecule has 0 saturated carbocycles. The van der Waals surface area contributed by atoms with Gasteiger partial charge in [0.05, 0.1) is 18.2 Å². The number of para-hydroxylation sites is 1. The van der Waals surface area contributed by atoms with E-state index in [1.54, 1.807) is 48.0 Å². The maximum Gasteiger partial charge on any atom is 0.272 e. The molecule has 3 amide bonds. The van der Waals surface area contributed by atoms with Crippen LogP contribution in [0.1, 0.15) is 40.6 Å². The molecule has 2 aliphatic heterocycles. The van der Waals surface area contributed by atoms with Crippen LogP contribution in [0.5, 0.6) is 5.75 Å². The Hall–Kier alpha value is -3.79. The number of thioether (sulfide) groups is 1. The number of amides is 3. The number of hydrogen-bond acceptors (Lipinski definition) is 7. The maximum atomic E-state index is 13.4. The third-order valence-corrected chi connectivity index (χ3v) is 7.41. The highest BCUT2D eigenvalue weighted by atomic mass is 32.2. The van der Waals surface area contributed by atoms with Gasteiger partial charge in [-0.2, -0.15) is 0 Å². The molecule has 1 fully saturated rings. The molecular formula is C26H27N5O4S. The number of carbonyl (C=O) groups is 3. The number of ether oxygens (including phenoxy) is 1. The van der Waals surface area contributed by atoms with Crippen LogP contribution >= 0.6 is 11.8 Å². The molecular weight excluding hydrogens is 478 g/mol. The molecule has 2 aromatic carbocycles. The number of likely N-dealkylation sites (tertiary alicyclic amines) is 1. The molecule has 0 radical (unpaired) electrons. The molecule has 1 saturated heterocycles. The van der Waals surface area contributed by atoms with Gasteiger partial charge in [-0.3, -0.25) is 14.4 Å². The topological polar surface area (TPSA) is 113 Å². The highest BCUT2D eigenvalue weighted by molar-refractivity contribution is 7.98. The van der Waals surface area contributed by atoms with Crippen LogP contribution in [0.3, 0.4) is 0 Å². The average Bonchev–Trinajstić information content (AvgIpc) is 2.87.